The molecule has 0 aromatic carbocycles. The smallest absolute Gasteiger partial charge is 0.172 e. The van der Waals surface area contributed by atoms with Crippen molar-refractivity contribution in [2.24, 2.45) is 0 Å². The summed E-state index contributed by atoms with van der Waals surface area (Å²) in [4.78, 5) is 15.4. The van der Waals surface area contributed by atoms with Gasteiger partial charge in [0.1, 0.15) is 17.5 Å². The predicted octanol–water partition coefficient (Wildman–Crippen LogP) is 3.03. The molecule has 1 spiro atoms. The number of nitrogens with zero attached hydrogens (tertiary/aromatic N) is 1. The van der Waals surface area contributed by atoms with E-state index < -0.39 is 0 Å². The van der Waals surface area contributed by atoms with Crippen molar-refractivity contribution in [3.63, 3.8) is 0 Å². The van der Waals surface area contributed by atoms with Crippen molar-refractivity contribution in [3.8, 4) is 5.75 Å². The van der Waals surface area contributed by atoms with Gasteiger partial charge in [0, 0.05) is 18.5 Å². The molecule has 114 valence electrons. The lowest BCUT2D eigenvalue weighted by atomic mass is 9.86. The zero-order valence-electron chi connectivity index (χ0n) is 12.3. The summed E-state index contributed by atoms with van der Waals surface area (Å²) in [5.41, 5.74) is 1.22. The first kappa shape index (κ1) is 14.9. The molecule has 3 heterocycles. The fourth-order valence-corrected chi connectivity index (χ4v) is 4.34. The van der Waals surface area contributed by atoms with Crippen molar-refractivity contribution in [1.82, 2.24) is 4.98 Å². The summed E-state index contributed by atoms with van der Waals surface area (Å²) in [6.07, 6.45) is 4.88. The standard InChI is InChI=1S/C16H21NO3S/c1-12-2-3-15(14(11-18)17-12)20-13-4-7-19-16(10-13)5-8-21-9-6-16/h2-3,11,13H,4-10H2,1H3. The van der Waals surface area contributed by atoms with Crippen LogP contribution in [0.3, 0.4) is 0 Å². The molecule has 2 fully saturated rings. The highest BCUT2D eigenvalue weighted by atomic mass is 32.2. The molecule has 2 saturated heterocycles. The minimum atomic E-state index is -0.00631. The zero-order chi connectivity index (χ0) is 14.7. The highest BCUT2D eigenvalue weighted by Gasteiger charge is 2.39. The minimum Gasteiger partial charge on any atom is -0.488 e. The Balaban J connectivity index is 1.71. The van der Waals surface area contributed by atoms with E-state index in [1.54, 1.807) is 0 Å². The summed E-state index contributed by atoms with van der Waals surface area (Å²) in [7, 11) is 0. The van der Waals surface area contributed by atoms with Gasteiger partial charge in [0.05, 0.1) is 12.2 Å². The van der Waals surface area contributed by atoms with Crippen LogP contribution in [0, 0.1) is 6.92 Å². The third-order valence-corrected chi connectivity index (χ3v) is 5.27. The van der Waals surface area contributed by atoms with Crippen LogP contribution in [0.1, 0.15) is 41.9 Å². The largest absolute Gasteiger partial charge is 0.488 e. The number of carbonyl (C=O) groups is 1. The molecule has 0 amide bonds. The topological polar surface area (TPSA) is 48.4 Å². The molecule has 0 radical (unpaired) electrons. The van der Waals surface area contributed by atoms with Gasteiger partial charge in [0.25, 0.3) is 0 Å². The lowest BCUT2D eigenvalue weighted by Crippen LogP contribution is -2.46. The number of aryl methyl sites for hydroxylation is 1. The average molecular weight is 307 g/mol. The number of thioether (sulfide) groups is 1. The van der Waals surface area contributed by atoms with E-state index >= 15 is 0 Å². The Bertz CT molecular complexity index is 509. The van der Waals surface area contributed by atoms with Crippen LogP contribution in [0.25, 0.3) is 0 Å². The number of hydrogen-bond donors (Lipinski definition) is 0. The molecular weight excluding hydrogens is 286 g/mol. The molecular formula is C16H21NO3S. The zero-order valence-corrected chi connectivity index (χ0v) is 13.2. The maximum Gasteiger partial charge on any atom is 0.172 e. The summed E-state index contributed by atoms with van der Waals surface area (Å²) in [6, 6.07) is 3.74. The maximum absolute atomic E-state index is 11.1. The summed E-state index contributed by atoms with van der Waals surface area (Å²) in [5, 5.41) is 0. The molecule has 3 rings (SSSR count). The van der Waals surface area contributed by atoms with Crippen molar-refractivity contribution in [3.05, 3.63) is 23.5 Å². The van der Waals surface area contributed by atoms with E-state index in [9.17, 15) is 4.79 Å². The highest BCUT2D eigenvalue weighted by molar-refractivity contribution is 7.99. The molecule has 5 heteroatoms. The number of pyridine rings is 1. The lowest BCUT2D eigenvalue weighted by Gasteiger charge is -2.43. The third kappa shape index (κ3) is 3.40. The first-order valence-corrected chi connectivity index (χ1v) is 8.67. The lowest BCUT2D eigenvalue weighted by molar-refractivity contribution is -0.116. The predicted molar refractivity (Wildman–Crippen MR) is 83.3 cm³/mol. The first-order valence-electron chi connectivity index (χ1n) is 7.52. The molecule has 0 N–H and O–H groups in total. The number of rotatable bonds is 3. The van der Waals surface area contributed by atoms with Gasteiger partial charge in [-0.25, -0.2) is 4.98 Å². The highest BCUT2D eigenvalue weighted by Crippen LogP contribution is 2.38. The van der Waals surface area contributed by atoms with E-state index in [0.717, 1.165) is 44.3 Å². The van der Waals surface area contributed by atoms with Crippen LogP contribution in [-0.4, -0.2) is 41.1 Å². The molecule has 1 unspecified atom stereocenters. The van der Waals surface area contributed by atoms with Crippen LogP contribution in [0.15, 0.2) is 12.1 Å². The van der Waals surface area contributed by atoms with Crippen molar-refractivity contribution >= 4 is 18.0 Å². The van der Waals surface area contributed by atoms with Gasteiger partial charge in [-0.05, 0) is 43.4 Å². The van der Waals surface area contributed by atoms with Crippen LogP contribution in [0.5, 0.6) is 5.75 Å². The number of hydrogen-bond acceptors (Lipinski definition) is 5. The van der Waals surface area contributed by atoms with Gasteiger partial charge in [-0.1, -0.05) is 0 Å². The van der Waals surface area contributed by atoms with Crippen LogP contribution < -0.4 is 4.74 Å². The van der Waals surface area contributed by atoms with Gasteiger partial charge >= 0.3 is 0 Å². The summed E-state index contributed by atoms with van der Waals surface area (Å²) in [6.45, 7) is 2.62. The summed E-state index contributed by atoms with van der Waals surface area (Å²) in [5.74, 6) is 2.93. The molecule has 21 heavy (non-hydrogen) atoms. The van der Waals surface area contributed by atoms with Crippen molar-refractivity contribution in [1.29, 1.82) is 0 Å². The van der Waals surface area contributed by atoms with E-state index in [1.165, 1.54) is 11.5 Å². The van der Waals surface area contributed by atoms with Gasteiger partial charge < -0.3 is 9.47 Å². The molecule has 0 bridgehead atoms. The van der Waals surface area contributed by atoms with E-state index in [1.807, 2.05) is 30.8 Å². The van der Waals surface area contributed by atoms with Gasteiger partial charge in [-0.3, -0.25) is 4.79 Å². The number of aromatic nitrogens is 1. The first-order chi connectivity index (χ1) is 10.2. The normalized spacial score (nSPS) is 24.7. The van der Waals surface area contributed by atoms with E-state index in [0.29, 0.717) is 11.4 Å². The van der Waals surface area contributed by atoms with Crippen LogP contribution in [0.2, 0.25) is 0 Å². The SMILES string of the molecule is Cc1ccc(OC2CCOC3(CCSCC3)C2)c(C=O)n1. The van der Waals surface area contributed by atoms with Crippen LogP contribution in [-0.2, 0) is 4.74 Å². The Kier molecular flexibility index (Phi) is 4.50. The number of aldehydes is 1. The third-order valence-electron chi connectivity index (χ3n) is 4.28. The van der Waals surface area contributed by atoms with E-state index in [2.05, 4.69) is 4.98 Å². The van der Waals surface area contributed by atoms with E-state index in [4.69, 9.17) is 9.47 Å². The Morgan fingerprint density at radius 1 is 1.43 bits per heavy atom. The minimum absolute atomic E-state index is 0.00631. The second-order valence-corrected chi connectivity index (χ2v) is 7.06. The second-order valence-electron chi connectivity index (χ2n) is 5.83. The van der Waals surface area contributed by atoms with Gasteiger partial charge in [0.15, 0.2) is 6.29 Å². The molecule has 0 saturated carbocycles. The molecule has 1 aromatic rings. The Morgan fingerprint density at radius 3 is 3.00 bits per heavy atom. The Morgan fingerprint density at radius 2 is 2.24 bits per heavy atom. The van der Waals surface area contributed by atoms with Gasteiger partial charge in [-0.15, -0.1) is 0 Å². The molecule has 1 atom stereocenters. The Labute approximate surface area is 129 Å². The van der Waals surface area contributed by atoms with E-state index in [-0.39, 0.29) is 11.7 Å². The van der Waals surface area contributed by atoms with Gasteiger partial charge in [-0.2, -0.15) is 11.8 Å². The maximum atomic E-state index is 11.1. The van der Waals surface area contributed by atoms with Crippen LogP contribution >= 0.6 is 11.8 Å². The average Bonchev–Trinajstić information content (AvgIpc) is 2.50. The summed E-state index contributed by atoms with van der Waals surface area (Å²) < 4.78 is 12.2. The fraction of sp³-hybridized carbons (Fsp3) is 0.625. The fourth-order valence-electron chi connectivity index (χ4n) is 3.10. The second kappa shape index (κ2) is 6.36. The van der Waals surface area contributed by atoms with Crippen molar-refractivity contribution in [2.45, 2.75) is 44.3 Å². The Hall–Kier alpha value is -1.07. The molecule has 1 aromatic heterocycles. The summed E-state index contributed by atoms with van der Waals surface area (Å²) >= 11 is 2.00. The van der Waals surface area contributed by atoms with Crippen molar-refractivity contribution in [2.75, 3.05) is 18.1 Å². The molecule has 4 nitrogen and oxygen atoms in total. The van der Waals surface area contributed by atoms with Gasteiger partial charge in [0.2, 0.25) is 0 Å². The number of carbonyl (C=O) groups excluding carboxylic acids is 1. The number of ether oxygens (including phenoxy) is 2. The molecule has 2 aliphatic rings. The van der Waals surface area contributed by atoms with Crippen LogP contribution in [0.4, 0.5) is 0 Å². The van der Waals surface area contributed by atoms with Crippen molar-refractivity contribution < 1.29 is 14.3 Å². The quantitative estimate of drug-likeness (QED) is 0.803. The molecule has 2 aliphatic heterocycles. The molecule has 0 aliphatic carbocycles. The monoisotopic (exact) mass is 307 g/mol.